The van der Waals surface area contributed by atoms with Gasteiger partial charge in [-0.1, -0.05) is 256 Å². The minimum absolute atomic E-state index is 0.0666. The van der Waals surface area contributed by atoms with Gasteiger partial charge in [-0.15, -0.1) is 0 Å². The van der Waals surface area contributed by atoms with E-state index in [9.17, 15) is 19.8 Å². The van der Waals surface area contributed by atoms with E-state index in [-0.39, 0.29) is 24.9 Å². The van der Waals surface area contributed by atoms with Crippen molar-refractivity contribution in [3.05, 3.63) is 36.5 Å². The Labute approximate surface area is 398 Å². The van der Waals surface area contributed by atoms with E-state index in [1.54, 1.807) is 0 Å². The second kappa shape index (κ2) is 52.1. The zero-order valence-corrected chi connectivity index (χ0v) is 42.9. The highest BCUT2D eigenvalue weighted by Gasteiger charge is 2.24. The average Bonchev–Trinajstić information content (AvgIpc) is 3.29. The second-order valence-electron chi connectivity index (χ2n) is 19.3. The molecule has 0 aromatic heterocycles. The number of carbonyl (C=O) groups excluding carboxylic acids is 2. The molecule has 0 bridgehead atoms. The summed E-state index contributed by atoms with van der Waals surface area (Å²) in [6, 6.07) is -0.705. The molecule has 1 amide bonds. The molecule has 0 fully saturated rings. The Morgan fingerprint density at radius 3 is 1.23 bits per heavy atom. The minimum atomic E-state index is -0.791. The van der Waals surface area contributed by atoms with Crippen LogP contribution in [0.4, 0.5) is 0 Å². The Morgan fingerprint density at radius 1 is 0.453 bits per heavy atom. The van der Waals surface area contributed by atoms with E-state index in [1.807, 2.05) is 0 Å². The van der Waals surface area contributed by atoms with Crippen molar-refractivity contribution in [3.8, 4) is 0 Å². The zero-order valence-electron chi connectivity index (χ0n) is 42.9. The first-order valence-corrected chi connectivity index (χ1v) is 28.2. The summed E-state index contributed by atoms with van der Waals surface area (Å²) < 4.78 is 5.95. The van der Waals surface area contributed by atoms with Gasteiger partial charge in [0.05, 0.1) is 25.2 Å². The maximum absolute atomic E-state index is 13.2. The number of ether oxygens (including phenoxy) is 1. The van der Waals surface area contributed by atoms with E-state index in [4.69, 9.17) is 4.74 Å². The Bertz CT molecular complexity index is 1060. The van der Waals surface area contributed by atoms with Crippen LogP contribution in [0.2, 0.25) is 0 Å². The van der Waals surface area contributed by atoms with E-state index in [1.165, 1.54) is 167 Å². The molecule has 376 valence electrons. The molecule has 0 saturated heterocycles. The number of rotatable bonds is 51. The molecule has 0 aliphatic rings. The van der Waals surface area contributed by atoms with Crippen LogP contribution in [0.25, 0.3) is 0 Å². The molecule has 0 heterocycles. The SMILES string of the molecule is CCCCC/C=C\C/C=C\C/C=C\CCCCCCC(CC(=O)NC(CO)C(O)CCCCCCCCCCC)OC(=O)CCCCCCCCCCCCCCCCCCCCC. The molecule has 6 nitrogen and oxygen atoms in total. The summed E-state index contributed by atoms with van der Waals surface area (Å²) in [5, 5.41) is 23.7. The Morgan fingerprint density at radius 2 is 0.797 bits per heavy atom. The number of hydrogen-bond donors (Lipinski definition) is 3. The van der Waals surface area contributed by atoms with Crippen molar-refractivity contribution in [2.45, 2.75) is 315 Å². The first kappa shape index (κ1) is 62.1. The van der Waals surface area contributed by atoms with Crippen molar-refractivity contribution in [1.82, 2.24) is 5.32 Å². The lowest BCUT2D eigenvalue weighted by atomic mass is 10.0. The fourth-order valence-electron chi connectivity index (χ4n) is 8.67. The van der Waals surface area contributed by atoms with Crippen molar-refractivity contribution >= 4 is 11.9 Å². The van der Waals surface area contributed by atoms with E-state index in [0.29, 0.717) is 19.3 Å². The highest BCUT2D eigenvalue weighted by atomic mass is 16.5. The third-order valence-electron chi connectivity index (χ3n) is 13.0. The van der Waals surface area contributed by atoms with Crippen LogP contribution in [-0.2, 0) is 14.3 Å². The monoisotopic (exact) mass is 900 g/mol. The highest BCUT2D eigenvalue weighted by Crippen LogP contribution is 2.18. The van der Waals surface area contributed by atoms with E-state index in [0.717, 1.165) is 83.5 Å². The molecule has 0 aromatic carbocycles. The Kier molecular flexibility index (Phi) is 50.5. The number of esters is 1. The number of amides is 1. The summed E-state index contributed by atoms with van der Waals surface area (Å²) >= 11 is 0. The molecule has 0 aromatic rings. The van der Waals surface area contributed by atoms with Gasteiger partial charge in [0.25, 0.3) is 0 Å². The van der Waals surface area contributed by atoms with Crippen LogP contribution in [0.15, 0.2) is 36.5 Å². The lowest BCUT2D eigenvalue weighted by Gasteiger charge is -2.24. The molecule has 0 spiro atoms. The van der Waals surface area contributed by atoms with Gasteiger partial charge in [-0.2, -0.15) is 0 Å². The molecule has 3 atom stereocenters. The van der Waals surface area contributed by atoms with Gasteiger partial charge in [0.2, 0.25) is 5.91 Å². The third-order valence-corrected chi connectivity index (χ3v) is 13.0. The first-order chi connectivity index (χ1) is 31.5. The van der Waals surface area contributed by atoms with Gasteiger partial charge < -0.3 is 20.3 Å². The lowest BCUT2D eigenvalue weighted by Crippen LogP contribution is -2.46. The normalized spacial score (nSPS) is 13.4. The Hall–Kier alpha value is -1.92. The summed E-state index contributed by atoms with van der Waals surface area (Å²) in [4.78, 5) is 26.2. The van der Waals surface area contributed by atoms with Gasteiger partial charge in [0.1, 0.15) is 6.10 Å². The number of aliphatic hydroxyl groups is 2. The van der Waals surface area contributed by atoms with Crippen LogP contribution < -0.4 is 5.32 Å². The molecular formula is C58H109NO5. The molecular weight excluding hydrogens is 791 g/mol. The molecule has 3 N–H and O–H groups in total. The highest BCUT2D eigenvalue weighted by molar-refractivity contribution is 5.77. The fourth-order valence-corrected chi connectivity index (χ4v) is 8.67. The van der Waals surface area contributed by atoms with Crippen molar-refractivity contribution in [3.63, 3.8) is 0 Å². The topological polar surface area (TPSA) is 95.9 Å². The van der Waals surface area contributed by atoms with Crippen LogP contribution in [0.3, 0.4) is 0 Å². The van der Waals surface area contributed by atoms with Crippen LogP contribution in [0.1, 0.15) is 297 Å². The molecule has 0 radical (unpaired) electrons. The van der Waals surface area contributed by atoms with Crippen molar-refractivity contribution in [2.24, 2.45) is 0 Å². The molecule has 0 aliphatic heterocycles. The maximum atomic E-state index is 13.2. The number of carbonyl (C=O) groups is 2. The predicted molar refractivity (Wildman–Crippen MR) is 278 cm³/mol. The second-order valence-corrected chi connectivity index (χ2v) is 19.3. The number of nitrogens with one attached hydrogen (secondary N) is 1. The van der Waals surface area contributed by atoms with Crippen LogP contribution in [0, 0.1) is 0 Å². The lowest BCUT2D eigenvalue weighted by molar-refractivity contribution is -0.151. The average molecular weight is 901 g/mol. The molecule has 6 heteroatoms. The molecule has 0 aliphatic carbocycles. The minimum Gasteiger partial charge on any atom is -0.462 e. The van der Waals surface area contributed by atoms with Gasteiger partial charge in [0.15, 0.2) is 0 Å². The maximum Gasteiger partial charge on any atom is 0.306 e. The molecule has 64 heavy (non-hydrogen) atoms. The summed E-state index contributed by atoms with van der Waals surface area (Å²) in [5.41, 5.74) is 0. The molecule has 0 saturated carbocycles. The van der Waals surface area contributed by atoms with Gasteiger partial charge in [0, 0.05) is 6.42 Å². The Balaban J connectivity index is 4.53. The van der Waals surface area contributed by atoms with Gasteiger partial charge >= 0.3 is 5.97 Å². The fraction of sp³-hybridized carbons (Fsp3) is 0.862. The predicted octanol–water partition coefficient (Wildman–Crippen LogP) is 17.2. The number of aliphatic hydroxyl groups excluding tert-OH is 2. The number of allylic oxidation sites excluding steroid dienone is 6. The van der Waals surface area contributed by atoms with Crippen molar-refractivity contribution in [2.75, 3.05) is 6.61 Å². The van der Waals surface area contributed by atoms with Crippen molar-refractivity contribution in [1.29, 1.82) is 0 Å². The summed E-state index contributed by atoms with van der Waals surface area (Å²) in [6.45, 7) is 6.46. The van der Waals surface area contributed by atoms with Gasteiger partial charge in [-0.3, -0.25) is 9.59 Å². The number of hydrogen-bond acceptors (Lipinski definition) is 5. The largest absolute Gasteiger partial charge is 0.462 e. The number of unbranched alkanes of at least 4 members (excludes halogenated alkanes) is 33. The first-order valence-electron chi connectivity index (χ1n) is 28.2. The zero-order chi connectivity index (χ0) is 46.7. The van der Waals surface area contributed by atoms with Gasteiger partial charge in [-0.25, -0.2) is 0 Å². The summed E-state index contributed by atoms with van der Waals surface area (Å²) in [5.74, 6) is -0.482. The van der Waals surface area contributed by atoms with E-state index < -0.39 is 18.2 Å². The standard InChI is InChI=1S/C58H109NO5/c1-4-7-10-13-16-19-21-23-25-27-28-30-32-34-36-39-42-45-48-51-58(63)64-54(49-46-43-40-38-35-33-31-29-26-24-22-20-17-14-11-8-5-2)52-57(62)59-55(53-60)56(61)50-47-44-41-37-18-15-12-9-6-3/h17,20,24,26,31,33,54-56,60-61H,4-16,18-19,21-23,25,27-30,32,34-53H2,1-3H3,(H,59,62)/b20-17-,26-24-,33-31-. The molecule has 0 rings (SSSR count). The quantitative estimate of drug-likeness (QED) is 0.0321. The van der Waals surface area contributed by atoms with Crippen LogP contribution >= 0.6 is 0 Å². The van der Waals surface area contributed by atoms with E-state index >= 15 is 0 Å². The van der Waals surface area contributed by atoms with Crippen LogP contribution in [0.5, 0.6) is 0 Å². The van der Waals surface area contributed by atoms with E-state index in [2.05, 4.69) is 62.5 Å². The van der Waals surface area contributed by atoms with Crippen molar-refractivity contribution < 1.29 is 24.5 Å². The van der Waals surface area contributed by atoms with Crippen LogP contribution in [-0.4, -0.2) is 46.9 Å². The van der Waals surface area contributed by atoms with Gasteiger partial charge in [-0.05, 0) is 64.2 Å². The summed E-state index contributed by atoms with van der Waals surface area (Å²) in [7, 11) is 0. The smallest absolute Gasteiger partial charge is 0.306 e. The third kappa shape index (κ3) is 46.6. The molecule has 3 unspecified atom stereocenters. The summed E-state index contributed by atoms with van der Waals surface area (Å²) in [6.07, 6.45) is 62.2.